The molecule has 0 aromatic carbocycles. The van der Waals surface area contributed by atoms with Crippen molar-refractivity contribution in [2.24, 2.45) is 0 Å². The van der Waals surface area contributed by atoms with E-state index in [1.807, 2.05) is 13.8 Å². The molecule has 0 radical (unpaired) electrons. The highest BCUT2D eigenvalue weighted by atomic mass is 32.2. The van der Waals surface area contributed by atoms with Crippen LogP contribution >= 0.6 is 11.8 Å². The SMILES string of the molecule is CCn1nc(C)c(N)c1Sc1nc(N)cc(=O)[nH]1. The summed E-state index contributed by atoms with van der Waals surface area (Å²) in [7, 11) is 0. The summed E-state index contributed by atoms with van der Waals surface area (Å²) in [6.45, 7) is 4.49. The Hall–Kier alpha value is -1.96. The predicted octanol–water partition coefficient (Wildman–Crippen LogP) is 0.610. The lowest BCUT2D eigenvalue weighted by Gasteiger charge is -2.04. The van der Waals surface area contributed by atoms with Gasteiger partial charge in [0.05, 0.1) is 11.4 Å². The van der Waals surface area contributed by atoms with E-state index in [0.717, 1.165) is 10.7 Å². The normalized spacial score (nSPS) is 10.8. The first kappa shape index (κ1) is 12.5. The Bertz CT molecular complexity index is 632. The Morgan fingerprint density at radius 2 is 2.22 bits per heavy atom. The molecule has 2 rings (SSSR count). The van der Waals surface area contributed by atoms with E-state index in [9.17, 15) is 4.79 Å². The fourth-order valence-electron chi connectivity index (χ4n) is 1.49. The van der Waals surface area contributed by atoms with Gasteiger partial charge >= 0.3 is 0 Å². The maximum absolute atomic E-state index is 11.3. The first-order valence-corrected chi connectivity index (χ1v) is 6.20. The summed E-state index contributed by atoms with van der Waals surface area (Å²) >= 11 is 1.24. The maximum atomic E-state index is 11.3. The molecule has 0 spiro atoms. The Kier molecular flexibility index (Phi) is 3.28. The molecule has 2 aromatic heterocycles. The number of nitrogen functional groups attached to an aromatic ring is 2. The molecule has 8 heteroatoms. The summed E-state index contributed by atoms with van der Waals surface area (Å²) in [6, 6.07) is 1.23. The van der Waals surface area contributed by atoms with Crippen LogP contribution in [-0.2, 0) is 6.54 Å². The lowest BCUT2D eigenvalue weighted by Crippen LogP contribution is -2.10. The molecule has 0 saturated carbocycles. The first-order chi connectivity index (χ1) is 8.51. The van der Waals surface area contributed by atoms with Gasteiger partial charge < -0.3 is 16.5 Å². The number of aryl methyl sites for hydroxylation is 2. The third kappa shape index (κ3) is 2.33. The van der Waals surface area contributed by atoms with Crippen molar-refractivity contribution < 1.29 is 0 Å². The molecule has 0 aliphatic heterocycles. The number of H-pyrrole nitrogens is 1. The minimum Gasteiger partial charge on any atom is -0.395 e. The van der Waals surface area contributed by atoms with Crippen molar-refractivity contribution >= 4 is 23.3 Å². The van der Waals surface area contributed by atoms with Crippen LogP contribution in [0.25, 0.3) is 0 Å². The molecular formula is C10H14N6OS. The topological polar surface area (TPSA) is 116 Å². The van der Waals surface area contributed by atoms with E-state index < -0.39 is 0 Å². The quantitative estimate of drug-likeness (QED) is 0.701. The van der Waals surface area contributed by atoms with Crippen LogP contribution in [0.2, 0.25) is 0 Å². The van der Waals surface area contributed by atoms with Gasteiger partial charge in [-0.25, -0.2) is 4.98 Å². The molecule has 0 atom stereocenters. The minimum atomic E-state index is -0.289. The lowest BCUT2D eigenvalue weighted by molar-refractivity contribution is 0.601. The smallest absolute Gasteiger partial charge is 0.253 e. The highest BCUT2D eigenvalue weighted by Crippen LogP contribution is 2.31. The third-order valence-electron chi connectivity index (χ3n) is 2.36. The van der Waals surface area contributed by atoms with E-state index in [2.05, 4.69) is 15.1 Å². The molecule has 0 amide bonds. The van der Waals surface area contributed by atoms with E-state index in [1.54, 1.807) is 4.68 Å². The van der Waals surface area contributed by atoms with E-state index in [-0.39, 0.29) is 11.4 Å². The number of rotatable bonds is 3. The van der Waals surface area contributed by atoms with Gasteiger partial charge in [0.1, 0.15) is 10.8 Å². The minimum absolute atomic E-state index is 0.180. The number of hydrogen-bond donors (Lipinski definition) is 3. The Labute approximate surface area is 108 Å². The van der Waals surface area contributed by atoms with Gasteiger partial charge in [-0.1, -0.05) is 0 Å². The summed E-state index contributed by atoms with van der Waals surface area (Å²) < 4.78 is 1.76. The van der Waals surface area contributed by atoms with E-state index >= 15 is 0 Å². The van der Waals surface area contributed by atoms with Crippen molar-refractivity contribution in [1.82, 2.24) is 19.7 Å². The van der Waals surface area contributed by atoms with Crippen LogP contribution in [0.5, 0.6) is 0 Å². The highest BCUT2D eigenvalue weighted by molar-refractivity contribution is 7.99. The van der Waals surface area contributed by atoms with Crippen LogP contribution in [-0.4, -0.2) is 19.7 Å². The second-order valence-electron chi connectivity index (χ2n) is 3.70. The van der Waals surface area contributed by atoms with Gasteiger partial charge in [0.25, 0.3) is 5.56 Å². The standard InChI is InChI=1S/C10H14N6OS/c1-3-16-9(8(12)5(2)15-16)18-10-13-6(11)4-7(17)14-10/h4H,3,12H2,1-2H3,(H3,11,13,14,17). The summed E-state index contributed by atoms with van der Waals surface area (Å²) in [5.41, 5.74) is 12.5. The average Bonchev–Trinajstić information content (AvgIpc) is 2.55. The van der Waals surface area contributed by atoms with Gasteiger partial charge in [0, 0.05) is 12.6 Å². The summed E-state index contributed by atoms with van der Waals surface area (Å²) in [4.78, 5) is 18.0. The van der Waals surface area contributed by atoms with Gasteiger partial charge in [-0.05, 0) is 25.6 Å². The molecule has 5 N–H and O–H groups in total. The number of aromatic amines is 1. The number of hydrogen-bond acceptors (Lipinski definition) is 6. The number of aromatic nitrogens is 4. The Morgan fingerprint density at radius 1 is 1.50 bits per heavy atom. The van der Waals surface area contributed by atoms with Crippen molar-refractivity contribution in [3.63, 3.8) is 0 Å². The number of anilines is 2. The van der Waals surface area contributed by atoms with Crippen LogP contribution in [0.1, 0.15) is 12.6 Å². The summed E-state index contributed by atoms with van der Waals surface area (Å²) in [6.07, 6.45) is 0. The molecule has 0 aliphatic carbocycles. The maximum Gasteiger partial charge on any atom is 0.253 e. The fraction of sp³-hybridized carbons (Fsp3) is 0.300. The monoisotopic (exact) mass is 266 g/mol. The number of nitrogens with zero attached hydrogens (tertiary/aromatic N) is 3. The molecule has 2 aromatic rings. The third-order valence-corrected chi connectivity index (χ3v) is 3.37. The van der Waals surface area contributed by atoms with Gasteiger partial charge in [0.2, 0.25) is 0 Å². The zero-order valence-corrected chi connectivity index (χ0v) is 10.9. The molecule has 0 saturated heterocycles. The number of nitrogens with two attached hydrogens (primary N) is 2. The predicted molar refractivity (Wildman–Crippen MR) is 70.4 cm³/mol. The molecule has 0 unspecified atom stereocenters. The van der Waals surface area contributed by atoms with Crippen LogP contribution < -0.4 is 17.0 Å². The Morgan fingerprint density at radius 3 is 2.83 bits per heavy atom. The van der Waals surface area contributed by atoms with Crippen molar-refractivity contribution in [1.29, 1.82) is 0 Å². The Balaban J connectivity index is 2.42. The molecule has 0 aliphatic rings. The van der Waals surface area contributed by atoms with Crippen molar-refractivity contribution in [3.8, 4) is 0 Å². The van der Waals surface area contributed by atoms with Gasteiger partial charge in [-0.3, -0.25) is 9.48 Å². The van der Waals surface area contributed by atoms with Crippen LogP contribution in [0.15, 0.2) is 21.0 Å². The van der Waals surface area contributed by atoms with Crippen molar-refractivity contribution in [3.05, 3.63) is 22.1 Å². The second kappa shape index (κ2) is 4.73. The van der Waals surface area contributed by atoms with Crippen LogP contribution in [0.3, 0.4) is 0 Å². The van der Waals surface area contributed by atoms with Gasteiger partial charge in [0.15, 0.2) is 5.16 Å². The summed E-state index contributed by atoms with van der Waals surface area (Å²) in [5, 5.41) is 5.45. The number of nitrogens with one attached hydrogen (secondary N) is 1. The molecule has 96 valence electrons. The van der Waals surface area contributed by atoms with Crippen molar-refractivity contribution in [2.75, 3.05) is 11.5 Å². The van der Waals surface area contributed by atoms with E-state index in [4.69, 9.17) is 11.5 Å². The van der Waals surface area contributed by atoms with E-state index in [1.165, 1.54) is 17.8 Å². The van der Waals surface area contributed by atoms with Crippen LogP contribution in [0.4, 0.5) is 11.5 Å². The fourth-order valence-corrected chi connectivity index (χ4v) is 2.51. The van der Waals surface area contributed by atoms with Gasteiger partial charge in [-0.15, -0.1) is 0 Å². The molecule has 0 bridgehead atoms. The molecule has 7 nitrogen and oxygen atoms in total. The highest BCUT2D eigenvalue weighted by Gasteiger charge is 2.14. The largest absolute Gasteiger partial charge is 0.395 e. The molecule has 18 heavy (non-hydrogen) atoms. The average molecular weight is 266 g/mol. The van der Waals surface area contributed by atoms with Crippen molar-refractivity contribution in [2.45, 2.75) is 30.6 Å². The molecule has 0 fully saturated rings. The summed E-state index contributed by atoms with van der Waals surface area (Å²) in [5.74, 6) is 0.180. The first-order valence-electron chi connectivity index (χ1n) is 5.38. The zero-order valence-electron chi connectivity index (χ0n) is 10.1. The second-order valence-corrected chi connectivity index (χ2v) is 4.67. The molecular weight excluding hydrogens is 252 g/mol. The zero-order chi connectivity index (χ0) is 13.3. The van der Waals surface area contributed by atoms with Gasteiger partial charge in [-0.2, -0.15) is 5.10 Å². The lowest BCUT2D eigenvalue weighted by atomic mass is 10.4. The van der Waals surface area contributed by atoms with E-state index in [0.29, 0.717) is 17.4 Å². The molecule has 2 heterocycles. The van der Waals surface area contributed by atoms with Crippen LogP contribution in [0, 0.1) is 6.92 Å².